The Morgan fingerprint density at radius 1 is 0.824 bits per heavy atom. The topological polar surface area (TPSA) is 93.9 Å². The van der Waals surface area contributed by atoms with Crippen molar-refractivity contribution in [2.75, 3.05) is 67.5 Å². The van der Waals surface area contributed by atoms with Gasteiger partial charge in [0.2, 0.25) is 0 Å². The number of amides is 1. The van der Waals surface area contributed by atoms with Crippen LogP contribution in [0, 0.1) is 0 Å². The molecule has 0 aromatic carbocycles. The predicted molar refractivity (Wildman–Crippen MR) is 138 cm³/mol. The summed E-state index contributed by atoms with van der Waals surface area (Å²) in [6.07, 6.45) is 1.80. The summed E-state index contributed by atoms with van der Waals surface area (Å²) in [7, 11) is 0. The summed E-state index contributed by atoms with van der Waals surface area (Å²) in [6.45, 7) is 16.7. The number of pyridine rings is 2. The van der Waals surface area contributed by atoms with E-state index in [-0.39, 0.29) is 5.69 Å². The second-order valence-corrected chi connectivity index (χ2v) is 9.69. The van der Waals surface area contributed by atoms with Crippen LogP contribution in [0.5, 0.6) is 0 Å². The van der Waals surface area contributed by atoms with Crippen LogP contribution in [0.4, 0.5) is 23.0 Å². The van der Waals surface area contributed by atoms with Gasteiger partial charge in [0.05, 0.1) is 17.6 Å². The van der Waals surface area contributed by atoms with Crippen LogP contribution >= 0.6 is 0 Å². The van der Waals surface area contributed by atoms with E-state index >= 15 is 0 Å². The molecule has 0 saturated carbocycles. The molecule has 9 nitrogen and oxygen atoms in total. The minimum Gasteiger partial charge on any atom is -0.364 e. The minimum absolute atomic E-state index is 0.248. The number of primary amides is 1. The molecule has 2 fully saturated rings. The molecule has 34 heavy (non-hydrogen) atoms. The maximum absolute atomic E-state index is 12.2. The molecular weight excluding hydrogens is 428 g/mol. The number of nitrogens with one attached hydrogen (secondary N) is 1. The Bertz CT molecular complexity index is 961. The number of nitrogens with two attached hydrogens (primary N) is 1. The first-order valence-corrected chi connectivity index (χ1v) is 12.3. The Balaban J connectivity index is 1.42. The number of nitrogens with zero attached hydrogens (tertiary/aromatic N) is 6. The first kappa shape index (κ1) is 24.2. The average Bonchev–Trinajstić information content (AvgIpc) is 2.85. The number of hydrogen-bond acceptors (Lipinski definition) is 8. The number of piperazine rings is 2. The zero-order valence-corrected chi connectivity index (χ0v) is 20.9. The monoisotopic (exact) mass is 466 g/mol. The lowest BCUT2D eigenvalue weighted by atomic mass is 10.2. The van der Waals surface area contributed by atoms with E-state index in [4.69, 9.17) is 5.73 Å². The van der Waals surface area contributed by atoms with Gasteiger partial charge in [-0.25, -0.2) is 9.97 Å². The Morgan fingerprint density at radius 3 is 1.82 bits per heavy atom. The molecule has 2 aromatic rings. The third-order valence-corrected chi connectivity index (χ3v) is 6.88. The fourth-order valence-corrected chi connectivity index (χ4v) is 4.65. The SMILES string of the molecule is CC(C)N1CCN(c2ccc(Nc3ccc(N4CCN(C(C)C)CC4)nc3C(N)=O)cn2)CC1. The molecule has 0 spiro atoms. The number of aromatic nitrogens is 2. The van der Waals surface area contributed by atoms with Gasteiger partial charge in [-0.3, -0.25) is 14.6 Å². The molecule has 1 amide bonds. The van der Waals surface area contributed by atoms with Crippen molar-refractivity contribution in [1.29, 1.82) is 0 Å². The minimum atomic E-state index is -0.544. The lowest BCUT2D eigenvalue weighted by Crippen LogP contribution is -2.49. The summed E-state index contributed by atoms with van der Waals surface area (Å²) in [5, 5.41) is 3.28. The van der Waals surface area contributed by atoms with Crippen LogP contribution in [0.25, 0.3) is 0 Å². The van der Waals surface area contributed by atoms with Crippen LogP contribution in [-0.4, -0.2) is 90.1 Å². The number of carbonyl (C=O) groups excluding carboxylic acids is 1. The number of hydrogen-bond donors (Lipinski definition) is 2. The summed E-state index contributed by atoms with van der Waals surface area (Å²) in [4.78, 5) is 30.9. The number of rotatable bonds is 7. The molecule has 0 bridgehead atoms. The highest BCUT2D eigenvalue weighted by atomic mass is 16.1. The summed E-state index contributed by atoms with van der Waals surface area (Å²) < 4.78 is 0. The smallest absolute Gasteiger partial charge is 0.269 e. The highest BCUT2D eigenvalue weighted by Crippen LogP contribution is 2.25. The molecule has 0 radical (unpaired) electrons. The molecule has 0 atom stereocenters. The van der Waals surface area contributed by atoms with Crippen LogP contribution in [0.2, 0.25) is 0 Å². The Kier molecular flexibility index (Phi) is 7.53. The second kappa shape index (κ2) is 10.6. The van der Waals surface area contributed by atoms with E-state index in [1.54, 1.807) is 6.20 Å². The van der Waals surface area contributed by atoms with Crippen molar-refractivity contribution in [2.24, 2.45) is 5.73 Å². The molecule has 4 rings (SSSR count). The second-order valence-electron chi connectivity index (χ2n) is 9.69. The molecular formula is C25H38N8O. The molecule has 0 unspecified atom stereocenters. The van der Waals surface area contributed by atoms with Crippen molar-refractivity contribution >= 4 is 28.9 Å². The first-order valence-electron chi connectivity index (χ1n) is 12.3. The highest BCUT2D eigenvalue weighted by Gasteiger charge is 2.22. The normalized spacial score (nSPS) is 18.1. The van der Waals surface area contributed by atoms with Crippen molar-refractivity contribution in [3.63, 3.8) is 0 Å². The number of carbonyl (C=O) groups is 1. The van der Waals surface area contributed by atoms with Gasteiger partial charge in [-0.15, -0.1) is 0 Å². The molecule has 184 valence electrons. The van der Waals surface area contributed by atoms with Gasteiger partial charge in [0.1, 0.15) is 11.6 Å². The van der Waals surface area contributed by atoms with Crippen molar-refractivity contribution in [3.05, 3.63) is 36.2 Å². The molecule has 3 N–H and O–H groups in total. The maximum atomic E-state index is 12.2. The van der Waals surface area contributed by atoms with E-state index in [9.17, 15) is 4.79 Å². The largest absolute Gasteiger partial charge is 0.364 e. The summed E-state index contributed by atoms with van der Waals surface area (Å²) in [6, 6.07) is 8.96. The third kappa shape index (κ3) is 5.59. The molecule has 4 heterocycles. The molecule has 2 saturated heterocycles. The van der Waals surface area contributed by atoms with Gasteiger partial charge in [-0.05, 0) is 52.0 Å². The molecule has 9 heteroatoms. The van der Waals surface area contributed by atoms with E-state index in [1.165, 1.54) is 0 Å². The van der Waals surface area contributed by atoms with Crippen LogP contribution in [-0.2, 0) is 0 Å². The first-order chi connectivity index (χ1) is 16.3. The quantitative estimate of drug-likeness (QED) is 0.642. The van der Waals surface area contributed by atoms with Crippen LogP contribution < -0.4 is 20.9 Å². The van der Waals surface area contributed by atoms with Crippen LogP contribution in [0.15, 0.2) is 30.5 Å². The standard InChI is InChI=1S/C25H38N8O/c1-18(2)30-9-13-32(14-10-30)22-7-5-20(17-27-22)28-21-6-8-23(29-24(21)25(26)34)33-15-11-31(12-16-33)19(3)4/h5-8,17-19,28H,9-16H2,1-4H3,(H2,26,34). The van der Waals surface area contributed by atoms with Gasteiger partial charge < -0.3 is 20.9 Å². The van der Waals surface area contributed by atoms with Gasteiger partial charge >= 0.3 is 0 Å². The summed E-state index contributed by atoms with van der Waals surface area (Å²) in [5.41, 5.74) is 7.33. The molecule has 2 aromatic heterocycles. The Morgan fingerprint density at radius 2 is 1.35 bits per heavy atom. The van der Waals surface area contributed by atoms with Crippen LogP contribution in [0.3, 0.4) is 0 Å². The van der Waals surface area contributed by atoms with Gasteiger partial charge in [-0.1, -0.05) is 0 Å². The Labute approximate surface area is 202 Å². The highest BCUT2D eigenvalue weighted by molar-refractivity contribution is 5.97. The van der Waals surface area contributed by atoms with Crippen LogP contribution in [0.1, 0.15) is 38.2 Å². The van der Waals surface area contributed by atoms with Gasteiger partial charge in [0, 0.05) is 64.4 Å². The average molecular weight is 467 g/mol. The fourth-order valence-electron chi connectivity index (χ4n) is 4.65. The zero-order valence-electron chi connectivity index (χ0n) is 20.9. The molecule has 2 aliphatic heterocycles. The van der Waals surface area contributed by atoms with E-state index in [0.717, 1.165) is 69.7 Å². The molecule has 2 aliphatic rings. The van der Waals surface area contributed by atoms with Crippen molar-refractivity contribution in [2.45, 2.75) is 39.8 Å². The van der Waals surface area contributed by atoms with Gasteiger partial charge in [0.25, 0.3) is 5.91 Å². The van der Waals surface area contributed by atoms with E-state index in [2.05, 4.69) is 62.6 Å². The molecule has 0 aliphatic carbocycles. The maximum Gasteiger partial charge on any atom is 0.269 e. The van der Waals surface area contributed by atoms with Crippen molar-refractivity contribution in [3.8, 4) is 0 Å². The van der Waals surface area contributed by atoms with E-state index in [0.29, 0.717) is 17.8 Å². The summed E-state index contributed by atoms with van der Waals surface area (Å²) in [5.74, 6) is 1.22. The predicted octanol–water partition coefficient (Wildman–Crippen LogP) is 2.38. The van der Waals surface area contributed by atoms with Crippen molar-refractivity contribution < 1.29 is 4.79 Å². The lowest BCUT2D eigenvalue weighted by molar-refractivity contribution is 0.0996. The summed E-state index contributed by atoms with van der Waals surface area (Å²) >= 11 is 0. The number of anilines is 4. The fraction of sp³-hybridized carbons (Fsp3) is 0.560. The van der Waals surface area contributed by atoms with Gasteiger partial charge in [0.15, 0.2) is 5.69 Å². The van der Waals surface area contributed by atoms with E-state index in [1.807, 2.05) is 24.3 Å². The van der Waals surface area contributed by atoms with Crippen molar-refractivity contribution in [1.82, 2.24) is 19.8 Å². The lowest BCUT2D eigenvalue weighted by Gasteiger charge is -2.37. The van der Waals surface area contributed by atoms with Gasteiger partial charge in [-0.2, -0.15) is 0 Å². The van der Waals surface area contributed by atoms with E-state index < -0.39 is 5.91 Å². The third-order valence-electron chi connectivity index (χ3n) is 6.88. The zero-order chi connectivity index (χ0) is 24.2. The Hall–Kier alpha value is -2.91.